The zero-order chi connectivity index (χ0) is 19.5. The average Bonchev–Trinajstić information content (AvgIpc) is 2.74. The van der Waals surface area contributed by atoms with Gasteiger partial charge in [-0.25, -0.2) is 4.98 Å². The van der Waals surface area contributed by atoms with Gasteiger partial charge in [0.2, 0.25) is 0 Å². The van der Waals surface area contributed by atoms with Crippen LogP contribution in [-0.2, 0) is 0 Å². The summed E-state index contributed by atoms with van der Waals surface area (Å²) < 4.78 is 0. The van der Waals surface area contributed by atoms with E-state index >= 15 is 0 Å². The fourth-order valence-electron chi connectivity index (χ4n) is 3.33. The Morgan fingerprint density at radius 1 is 0.893 bits per heavy atom. The highest BCUT2D eigenvalue weighted by atomic mass is 16.1. The summed E-state index contributed by atoms with van der Waals surface area (Å²) in [6, 6.07) is 27.8. The van der Waals surface area contributed by atoms with E-state index in [1.165, 1.54) is 5.56 Å². The van der Waals surface area contributed by atoms with Crippen molar-refractivity contribution >= 4 is 16.8 Å². The second-order valence-electron chi connectivity index (χ2n) is 7.04. The van der Waals surface area contributed by atoms with E-state index in [0.29, 0.717) is 5.56 Å². The quantitative estimate of drug-likeness (QED) is 0.503. The molecule has 0 spiro atoms. The Morgan fingerprint density at radius 2 is 1.57 bits per heavy atom. The number of nitrogens with one attached hydrogen (secondary N) is 1. The first-order chi connectivity index (χ1) is 13.6. The van der Waals surface area contributed by atoms with Gasteiger partial charge in [-0.05, 0) is 31.5 Å². The van der Waals surface area contributed by atoms with Crippen LogP contribution < -0.4 is 5.32 Å². The number of nitrogens with zero attached hydrogens (tertiary/aromatic N) is 1. The number of carbonyl (C=O) groups excluding carboxylic acids is 1. The fraction of sp³-hybridized carbons (Fsp3) is 0.120. The lowest BCUT2D eigenvalue weighted by molar-refractivity contribution is 0.0941. The molecule has 0 radical (unpaired) electrons. The molecule has 0 aliphatic rings. The molecule has 0 fully saturated rings. The molecule has 3 nitrogen and oxygen atoms in total. The molecule has 138 valence electrons. The summed E-state index contributed by atoms with van der Waals surface area (Å²) in [7, 11) is 0. The molecule has 0 aliphatic carbocycles. The first-order valence-corrected chi connectivity index (χ1v) is 9.44. The molecule has 4 aromatic rings. The number of aryl methyl sites for hydroxylation is 1. The number of benzene rings is 3. The lowest BCUT2D eigenvalue weighted by Gasteiger charge is -2.16. The van der Waals surface area contributed by atoms with Crippen molar-refractivity contribution in [3.8, 4) is 11.3 Å². The highest BCUT2D eigenvalue weighted by Gasteiger charge is 2.16. The monoisotopic (exact) mass is 366 g/mol. The minimum absolute atomic E-state index is 0.0801. The molecule has 0 saturated carbocycles. The van der Waals surface area contributed by atoms with Gasteiger partial charge < -0.3 is 5.32 Å². The van der Waals surface area contributed by atoms with Crippen molar-refractivity contribution in [3.05, 3.63) is 102 Å². The second kappa shape index (κ2) is 7.65. The van der Waals surface area contributed by atoms with Gasteiger partial charge in [-0.2, -0.15) is 0 Å². The van der Waals surface area contributed by atoms with E-state index in [4.69, 9.17) is 4.98 Å². The molecule has 1 unspecified atom stereocenters. The van der Waals surface area contributed by atoms with Crippen LogP contribution in [-0.4, -0.2) is 10.9 Å². The molecular weight excluding hydrogens is 344 g/mol. The zero-order valence-electron chi connectivity index (χ0n) is 16.0. The standard InChI is InChI=1S/C25H22N2O/c1-17-12-14-20(15-13-17)24-16-22(21-10-6-7-11-23(21)27-24)25(28)26-18(2)19-8-4-3-5-9-19/h3-16,18H,1-2H3,(H,26,28). The molecule has 1 atom stereocenters. The Balaban J connectivity index is 1.74. The molecule has 28 heavy (non-hydrogen) atoms. The van der Waals surface area contributed by atoms with Crippen molar-refractivity contribution in [2.75, 3.05) is 0 Å². The van der Waals surface area contributed by atoms with Gasteiger partial charge >= 0.3 is 0 Å². The smallest absolute Gasteiger partial charge is 0.252 e. The summed E-state index contributed by atoms with van der Waals surface area (Å²) >= 11 is 0. The lowest BCUT2D eigenvalue weighted by atomic mass is 10.0. The Labute approximate surface area is 165 Å². The number of para-hydroxylation sites is 1. The predicted octanol–water partition coefficient (Wildman–Crippen LogP) is 5.70. The normalized spacial score (nSPS) is 11.9. The predicted molar refractivity (Wildman–Crippen MR) is 114 cm³/mol. The van der Waals surface area contributed by atoms with E-state index < -0.39 is 0 Å². The number of carbonyl (C=O) groups is 1. The van der Waals surface area contributed by atoms with Gasteiger partial charge in [0.15, 0.2) is 0 Å². The number of fused-ring (bicyclic) bond motifs is 1. The third-order valence-electron chi connectivity index (χ3n) is 4.96. The van der Waals surface area contributed by atoms with Gasteiger partial charge in [0.1, 0.15) is 0 Å². The number of aromatic nitrogens is 1. The molecule has 3 aromatic carbocycles. The average molecular weight is 366 g/mol. The maximum atomic E-state index is 13.1. The van der Waals surface area contributed by atoms with E-state index in [1.54, 1.807) is 0 Å². The van der Waals surface area contributed by atoms with Crippen LogP contribution in [0, 0.1) is 6.92 Å². The van der Waals surface area contributed by atoms with Gasteiger partial charge in [-0.1, -0.05) is 78.4 Å². The number of pyridine rings is 1. The second-order valence-corrected chi connectivity index (χ2v) is 7.04. The minimum Gasteiger partial charge on any atom is -0.345 e. The molecule has 0 aliphatic heterocycles. The van der Waals surface area contributed by atoms with Crippen molar-refractivity contribution in [3.63, 3.8) is 0 Å². The fourth-order valence-corrected chi connectivity index (χ4v) is 3.33. The van der Waals surface area contributed by atoms with Crippen LogP contribution in [0.1, 0.15) is 34.5 Å². The van der Waals surface area contributed by atoms with Crippen LogP contribution in [0.2, 0.25) is 0 Å². The maximum Gasteiger partial charge on any atom is 0.252 e. The SMILES string of the molecule is Cc1ccc(-c2cc(C(=O)NC(C)c3ccccc3)c3ccccc3n2)cc1. The molecule has 1 aromatic heterocycles. The Kier molecular flexibility index (Phi) is 4.90. The maximum absolute atomic E-state index is 13.1. The minimum atomic E-state index is -0.0942. The number of hydrogen-bond donors (Lipinski definition) is 1. The van der Waals surface area contributed by atoms with Crippen LogP contribution >= 0.6 is 0 Å². The highest BCUT2D eigenvalue weighted by molar-refractivity contribution is 6.07. The first-order valence-electron chi connectivity index (χ1n) is 9.44. The van der Waals surface area contributed by atoms with Gasteiger partial charge in [-0.15, -0.1) is 0 Å². The molecule has 1 heterocycles. The van der Waals surface area contributed by atoms with Crippen molar-refractivity contribution < 1.29 is 4.79 Å². The van der Waals surface area contributed by atoms with Crippen LogP contribution in [0.25, 0.3) is 22.2 Å². The summed E-state index contributed by atoms with van der Waals surface area (Å²) in [5.74, 6) is -0.0942. The highest BCUT2D eigenvalue weighted by Crippen LogP contribution is 2.26. The molecule has 1 N–H and O–H groups in total. The van der Waals surface area contributed by atoms with Crippen LogP contribution in [0.15, 0.2) is 84.9 Å². The lowest BCUT2D eigenvalue weighted by Crippen LogP contribution is -2.27. The number of rotatable bonds is 4. The van der Waals surface area contributed by atoms with Crippen molar-refractivity contribution in [1.82, 2.24) is 10.3 Å². The van der Waals surface area contributed by atoms with Crippen molar-refractivity contribution in [1.29, 1.82) is 0 Å². The Hall–Kier alpha value is -3.46. The summed E-state index contributed by atoms with van der Waals surface area (Å²) in [6.07, 6.45) is 0. The van der Waals surface area contributed by atoms with Gasteiger partial charge in [-0.3, -0.25) is 4.79 Å². The molecule has 0 saturated heterocycles. The molecule has 1 amide bonds. The number of amides is 1. The van der Waals surface area contributed by atoms with E-state index in [0.717, 1.165) is 27.7 Å². The van der Waals surface area contributed by atoms with Crippen LogP contribution in [0.4, 0.5) is 0 Å². The molecule has 0 bridgehead atoms. The van der Waals surface area contributed by atoms with E-state index in [2.05, 4.69) is 24.4 Å². The summed E-state index contributed by atoms with van der Waals surface area (Å²) in [4.78, 5) is 17.9. The largest absolute Gasteiger partial charge is 0.345 e. The van der Waals surface area contributed by atoms with Gasteiger partial charge in [0.25, 0.3) is 5.91 Å². The summed E-state index contributed by atoms with van der Waals surface area (Å²) in [6.45, 7) is 4.05. The van der Waals surface area contributed by atoms with E-state index in [1.807, 2.05) is 79.7 Å². The van der Waals surface area contributed by atoms with Crippen molar-refractivity contribution in [2.24, 2.45) is 0 Å². The van der Waals surface area contributed by atoms with Crippen molar-refractivity contribution in [2.45, 2.75) is 19.9 Å². The van der Waals surface area contributed by atoms with Crippen LogP contribution in [0.5, 0.6) is 0 Å². The zero-order valence-corrected chi connectivity index (χ0v) is 16.0. The first kappa shape index (κ1) is 17.9. The van der Waals surface area contributed by atoms with Crippen LogP contribution in [0.3, 0.4) is 0 Å². The summed E-state index contributed by atoms with van der Waals surface area (Å²) in [5.41, 5.74) is 5.53. The van der Waals surface area contributed by atoms with E-state index in [-0.39, 0.29) is 11.9 Å². The molecule has 3 heteroatoms. The molecule has 4 rings (SSSR count). The van der Waals surface area contributed by atoms with Gasteiger partial charge in [0.05, 0.1) is 22.8 Å². The van der Waals surface area contributed by atoms with Gasteiger partial charge in [0, 0.05) is 10.9 Å². The van der Waals surface area contributed by atoms with E-state index in [9.17, 15) is 4.79 Å². The third-order valence-corrected chi connectivity index (χ3v) is 4.96. The third kappa shape index (κ3) is 3.65. The summed E-state index contributed by atoms with van der Waals surface area (Å²) in [5, 5.41) is 3.98. The Bertz CT molecular complexity index is 1120. The molecular formula is C25H22N2O. The topological polar surface area (TPSA) is 42.0 Å². The number of hydrogen-bond acceptors (Lipinski definition) is 2. The Morgan fingerprint density at radius 3 is 2.32 bits per heavy atom.